The molecule has 0 aliphatic heterocycles. The zero-order chi connectivity index (χ0) is 5.28. The Morgan fingerprint density at radius 2 is 2.57 bits per heavy atom. The lowest BCUT2D eigenvalue weighted by molar-refractivity contribution is 1.58. The van der Waals surface area contributed by atoms with Crippen molar-refractivity contribution in [1.29, 1.82) is 0 Å². The Hall–Kier alpha value is -0.280. The molecular weight excluding hydrogens is 132 g/mol. The van der Waals surface area contributed by atoms with Crippen molar-refractivity contribution in [3.63, 3.8) is 0 Å². The molecule has 1 heterocycles. The first-order chi connectivity index (χ1) is 3.29. The zero-order valence-corrected chi connectivity index (χ0v) is 4.96. The van der Waals surface area contributed by atoms with Crippen LogP contribution >= 0.6 is 23.1 Å². The van der Waals surface area contributed by atoms with E-state index in [1.165, 1.54) is 11.5 Å². The SMILES string of the molecule is Nc1cc(Cl)ns1. The van der Waals surface area contributed by atoms with Crippen molar-refractivity contribution in [1.82, 2.24) is 4.37 Å². The third-order valence-electron chi connectivity index (χ3n) is 0.500. The lowest BCUT2D eigenvalue weighted by Crippen LogP contribution is -1.72. The van der Waals surface area contributed by atoms with Crippen LogP contribution in [0.4, 0.5) is 5.00 Å². The molecule has 2 N–H and O–H groups in total. The van der Waals surface area contributed by atoms with E-state index in [0.29, 0.717) is 10.2 Å². The molecule has 0 unspecified atom stereocenters. The molecule has 0 spiro atoms. The monoisotopic (exact) mass is 134 g/mol. The van der Waals surface area contributed by atoms with E-state index in [0.717, 1.165) is 0 Å². The molecule has 38 valence electrons. The van der Waals surface area contributed by atoms with E-state index in [1.807, 2.05) is 0 Å². The topological polar surface area (TPSA) is 38.9 Å². The molecule has 2 nitrogen and oxygen atoms in total. The van der Waals surface area contributed by atoms with Gasteiger partial charge in [0.05, 0.1) is 0 Å². The Balaban J connectivity index is 3.04. The van der Waals surface area contributed by atoms with Gasteiger partial charge >= 0.3 is 0 Å². The first-order valence-electron chi connectivity index (χ1n) is 1.67. The number of hydrogen-bond acceptors (Lipinski definition) is 3. The molecule has 0 aliphatic carbocycles. The summed E-state index contributed by atoms with van der Waals surface area (Å²) in [5, 5.41) is 1.13. The van der Waals surface area contributed by atoms with Gasteiger partial charge in [0.15, 0.2) is 0 Å². The third-order valence-corrected chi connectivity index (χ3v) is 1.41. The second kappa shape index (κ2) is 1.68. The average Bonchev–Trinajstić information content (AvgIpc) is 1.87. The van der Waals surface area contributed by atoms with E-state index in [4.69, 9.17) is 17.3 Å². The van der Waals surface area contributed by atoms with Gasteiger partial charge in [-0.25, -0.2) is 0 Å². The van der Waals surface area contributed by atoms with Crippen LogP contribution in [0.5, 0.6) is 0 Å². The first-order valence-corrected chi connectivity index (χ1v) is 2.82. The quantitative estimate of drug-likeness (QED) is 0.582. The van der Waals surface area contributed by atoms with E-state index in [2.05, 4.69) is 4.37 Å². The number of nitrogens with zero attached hydrogens (tertiary/aromatic N) is 1. The molecule has 0 fully saturated rings. The van der Waals surface area contributed by atoms with Gasteiger partial charge in [-0.2, -0.15) is 4.37 Å². The van der Waals surface area contributed by atoms with Crippen LogP contribution in [-0.4, -0.2) is 4.37 Å². The summed E-state index contributed by atoms with van der Waals surface area (Å²) in [6.07, 6.45) is 0. The summed E-state index contributed by atoms with van der Waals surface area (Å²) in [6.45, 7) is 0. The summed E-state index contributed by atoms with van der Waals surface area (Å²) in [6, 6.07) is 1.62. The van der Waals surface area contributed by atoms with E-state index < -0.39 is 0 Å². The van der Waals surface area contributed by atoms with Crippen LogP contribution in [0, 0.1) is 0 Å². The minimum absolute atomic E-state index is 0.475. The average molecular weight is 135 g/mol. The highest BCUT2D eigenvalue weighted by atomic mass is 35.5. The van der Waals surface area contributed by atoms with Crippen molar-refractivity contribution in [2.45, 2.75) is 0 Å². The molecule has 0 atom stereocenters. The van der Waals surface area contributed by atoms with Crippen LogP contribution in [0.2, 0.25) is 5.15 Å². The molecule has 7 heavy (non-hydrogen) atoms. The molecule has 1 aromatic rings. The van der Waals surface area contributed by atoms with Crippen molar-refractivity contribution in [2.24, 2.45) is 0 Å². The van der Waals surface area contributed by atoms with Gasteiger partial charge in [0.2, 0.25) is 0 Å². The Bertz CT molecular complexity index is 145. The van der Waals surface area contributed by atoms with Crippen LogP contribution in [0.15, 0.2) is 6.07 Å². The molecule has 0 aliphatic rings. The molecule has 0 amide bonds. The van der Waals surface area contributed by atoms with Crippen molar-refractivity contribution in [3.8, 4) is 0 Å². The third kappa shape index (κ3) is 1.04. The number of halogens is 1. The van der Waals surface area contributed by atoms with Crippen LogP contribution in [-0.2, 0) is 0 Å². The van der Waals surface area contributed by atoms with E-state index in [9.17, 15) is 0 Å². The molecule has 1 aromatic heterocycles. The van der Waals surface area contributed by atoms with E-state index in [-0.39, 0.29) is 0 Å². The zero-order valence-electron chi connectivity index (χ0n) is 3.39. The van der Waals surface area contributed by atoms with Crippen LogP contribution in [0.1, 0.15) is 0 Å². The van der Waals surface area contributed by atoms with Gasteiger partial charge in [-0.15, -0.1) is 0 Å². The summed E-state index contributed by atoms with van der Waals surface area (Å²) in [5.41, 5.74) is 5.25. The standard InChI is InChI=1S/C3H3ClN2S/c4-2-1-3(5)7-6-2/h1H,5H2. The Morgan fingerprint density at radius 3 is 2.71 bits per heavy atom. The first kappa shape index (κ1) is 4.87. The van der Waals surface area contributed by atoms with Crippen molar-refractivity contribution < 1.29 is 0 Å². The van der Waals surface area contributed by atoms with Crippen molar-refractivity contribution in [3.05, 3.63) is 11.2 Å². The predicted molar refractivity (Wildman–Crippen MR) is 31.5 cm³/mol. The maximum atomic E-state index is 5.38. The number of nitrogens with two attached hydrogens (primary N) is 1. The van der Waals surface area contributed by atoms with Gasteiger partial charge in [0.25, 0.3) is 0 Å². The van der Waals surface area contributed by atoms with Gasteiger partial charge < -0.3 is 5.73 Å². The Morgan fingerprint density at radius 1 is 1.86 bits per heavy atom. The van der Waals surface area contributed by atoms with Crippen LogP contribution in [0.25, 0.3) is 0 Å². The number of nitrogen functional groups attached to an aromatic ring is 1. The normalized spacial score (nSPS) is 9.29. The van der Waals surface area contributed by atoms with Crippen molar-refractivity contribution >= 4 is 28.1 Å². The minimum Gasteiger partial charge on any atom is -0.389 e. The summed E-state index contributed by atoms with van der Waals surface area (Å²) in [5.74, 6) is 0. The summed E-state index contributed by atoms with van der Waals surface area (Å²) in [4.78, 5) is 0. The Kier molecular flexibility index (Phi) is 1.17. The van der Waals surface area contributed by atoms with Crippen LogP contribution < -0.4 is 5.73 Å². The van der Waals surface area contributed by atoms with Gasteiger partial charge in [-0.3, -0.25) is 0 Å². The van der Waals surface area contributed by atoms with E-state index >= 15 is 0 Å². The van der Waals surface area contributed by atoms with Gasteiger partial charge in [0.1, 0.15) is 10.2 Å². The van der Waals surface area contributed by atoms with Gasteiger partial charge in [-0.1, -0.05) is 11.6 Å². The predicted octanol–water partition coefficient (Wildman–Crippen LogP) is 1.38. The number of anilines is 1. The fraction of sp³-hybridized carbons (Fsp3) is 0. The summed E-state index contributed by atoms with van der Waals surface area (Å²) < 4.78 is 3.70. The molecular formula is C3H3ClN2S. The molecule has 0 radical (unpaired) electrons. The van der Waals surface area contributed by atoms with Gasteiger partial charge in [0, 0.05) is 6.07 Å². The minimum atomic E-state index is 0.475. The molecule has 0 saturated carbocycles. The maximum absolute atomic E-state index is 5.38. The summed E-state index contributed by atoms with van der Waals surface area (Å²) in [7, 11) is 0. The largest absolute Gasteiger partial charge is 0.389 e. The lowest BCUT2D eigenvalue weighted by Gasteiger charge is -1.67. The van der Waals surface area contributed by atoms with Gasteiger partial charge in [-0.05, 0) is 11.5 Å². The highest BCUT2D eigenvalue weighted by Gasteiger charge is 1.89. The van der Waals surface area contributed by atoms with Crippen molar-refractivity contribution in [2.75, 3.05) is 5.73 Å². The molecule has 0 bridgehead atoms. The smallest absolute Gasteiger partial charge is 0.145 e. The van der Waals surface area contributed by atoms with Crippen LogP contribution in [0.3, 0.4) is 0 Å². The molecule has 0 aromatic carbocycles. The second-order valence-electron chi connectivity index (χ2n) is 1.05. The summed E-state index contributed by atoms with van der Waals surface area (Å²) >= 11 is 6.58. The second-order valence-corrected chi connectivity index (χ2v) is 2.28. The number of rotatable bonds is 0. The maximum Gasteiger partial charge on any atom is 0.145 e. The fourth-order valence-electron chi connectivity index (χ4n) is 0.266. The highest BCUT2D eigenvalue weighted by Crippen LogP contribution is 2.14. The number of hydrogen-bond donors (Lipinski definition) is 1. The molecule has 4 heteroatoms. The number of aromatic nitrogens is 1. The Labute approximate surface area is 50.1 Å². The fourth-order valence-corrected chi connectivity index (χ4v) is 0.962. The van der Waals surface area contributed by atoms with E-state index in [1.54, 1.807) is 6.07 Å². The molecule has 0 saturated heterocycles. The molecule has 1 rings (SSSR count). The lowest BCUT2D eigenvalue weighted by atomic mass is 10.7. The highest BCUT2D eigenvalue weighted by molar-refractivity contribution is 7.10.